The topological polar surface area (TPSA) is 23.8 Å². The van der Waals surface area contributed by atoms with Crippen molar-refractivity contribution in [3.8, 4) is 6.07 Å². The van der Waals surface area contributed by atoms with Crippen molar-refractivity contribution in [1.29, 1.82) is 5.26 Å². The molecule has 3 heteroatoms. The van der Waals surface area contributed by atoms with E-state index in [9.17, 15) is 0 Å². The highest BCUT2D eigenvalue weighted by Crippen LogP contribution is 2.15. The number of nitrogens with zero attached hydrogens (tertiary/aromatic N) is 1. The van der Waals surface area contributed by atoms with Crippen LogP contribution in [0.4, 0.5) is 0 Å². The molecule has 0 bridgehead atoms. The Morgan fingerprint density at radius 1 is 0.309 bits per heavy atom. The SMILES string of the molecule is CC#N.Cc1cc(C)c(B(c2ccc(B(c3c(C)cc(C)cc3C)c3c(C)cc(C)cc3C)cc2)c2c(C)cc(C)cc2C)c(C)c1.Cc1ccc(C)cc1. The van der Waals surface area contributed by atoms with Gasteiger partial charge in [0.2, 0.25) is 13.4 Å². The number of nitriles is 1. The van der Waals surface area contributed by atoms with Crippen LogP contribution in [0, 0.1) is 108 Å². The van der Waals surface area contributed by atoms with Crippen LogP contribution in [-0.4, -0.2) is 13.4 Å². The summed E-state index contributed by atoms with van der Waals surface area (Å²) in [6, 6.07) is 38.7. The van der Waals surface area contributed by atoms with Gasteiger partial charge in [-0.15, -0.1) is 0 Å². The molecule has 0 fully saturated rings. The molecule has 0 radical (unpaired) electrons. The quantitative estimate of drug-likeness (QED) is 0.158. The Morgan fingerprint density at radius 3 is 0.636 bits per heavy atom. The van der Waals surface area contributed by atoms with Crippen molar-refractivity contribution >= 4 is 46.2 Å². The standard InChI is InChI=1S/C42H48B2.C8H10.C2H3N/c1-25-17-29(5)39(30(6)18-25)43(40-31(7)19-26(2)20-32(40)8)37-13-15-38(16-14-37)44(41-33(9)21-27(3)22-34(41)10)42-35(11)23-28(4)24-36(42)12;1-7-3-5-8(2)6-4-7;1-2-3/h13-24H,1-12H3;3-6H,1-2H3;1H3. The smallest absolute Gasteiger partial charge is 0.199 e. The maximum Gasteiger partial charge on any atom is 0.242 e. The minimum absolute atomic E-state index is 0.175. The fourth-order valence-corrected chi connectivity index (χ4v) is 9.06. The van der Waals surface area contributed by atoms with E-state index in [1.54, 1.807) is 6.07 Å². The van der Waals surface area contributed by atoms with E-state index in [1.807, 2.05) is 0 Å². The van der Waals surface area contributed by atoms with Gasteiger partial charge in [0.25, 0.3) is 0 Å². The monoisotopic (exact) mass is 721 g/mol. The highest BCUT2D eigenvalue weighted by atomic mass is 14.2. The summed E-state index contributed by atoms with van der Waals surface area (Å²) < 4.78 is 0. The van der Waals surface area contributed by atoms with Crippen molar-refractivity contribution in [2.45, 2.75) is 104 Å². The van der Waals surface area contributed by atoms with Crippen molar-refractivity contribution in [1.82, 2.24) is 0 Å². The minimum Gasteiger partial charge on any atom is -0.199 e. The molecule has 280 valence electrons. The van der Waals surface area contributed by atoms with Crippen LogP contribution in [-0.2, 0) is 0 Å². The lowest BCUT2D eigenvalue weighted by molar-refractivity contribution is 1.34. The molecule has 0 atom stereocenters. The molecule has 0 aliphatic rings. The molecule has 0 aliphatic carbocycles. The number of rotatable bonds is 6. The van der Waals surface area contributed by atoms with Gasteiger partial charge in [-0.25, -0.2) is 0 Å². The molecule has 0 aliphatic heterocycles. The summed E-state index contributed by atoms with van der Waals surface area (Å²) in [6.45, 7) is 33.1. The second-order valence-corrected chi connectivity index (χ2v) is 16.2. The molecule has 0 amide bonds. The third-order valence-corrected chi connectivity index (χ3v) is 10.9. The molecular weight excluding hydrogens is 660 g/mol. The molecule has 6 aromatic carbocycles. The van der Waals surface area contributed by atoms with Crippen LogP contribution >= 0.6 is 0 Å². The molecule has 0 saturated heterocycles. The van der Waals surface area contributed by atoms with E-state index < -0.39 is 0 Å². The summed E-state index contributed by atoms with van der Waals surface area (Å²) in [5, 5.41) is 7.32. The Bertz CT molecular complexity index is 1960. The van der Waals surface area contributed by atoms with Crippen LogP contribution < -0.4 is 32.8 Å². The minimum atomic E-state index is 0.175. The molecule has 1 nitrogen and oxygen atoms in total. The van der Waals surface area contributed by atoms with Gasteiger partial charge in [0, 0.05) is 6.92 Å². The third kappa shape index (κ3) is 10.2. The molecular formula is C52H61B2N. The van der Waals surface area contributed by atoms with Crippen molar-refractivity contribution in [2.24, 2.45) is 0 Å². The lowest BCUT2D eigenvalue weighted by Crippen LogP contribution is -2.58. The van der Waals surface area contributed by atoms with Gasteiger partial charge in [-0.3, -0.25) is 0 Å². The van der Waals surface area contributed by atoms with Crippen molar-refractivity contribution in [3.05, 3.63) is 175 Å². The fraction of sp³-hybridized carbons (Fsp3) is 0.288. The van der Waals surface area contributed by atoms with E-state index in [1.165, 1.54) is 118 Å². The first-order valence-electron chi connectivity index (χ1n) is 19.7. The number of hydrogen-bond donors (Lipinski definition) is 0. The van der Waals surface area contributed by atoms with Crippen LogP contribution in [0.15, 0.2) is 97.1 Å². The molecule has 6 rings (SSSR count). The summed E-state index contributed by atoms with van der Waals surface area (Å²) in [4.78, 5) is 0. The van der Waals surface area contributed by atoms with Gasteiger partial charge in [0.1, 0.15) is 0 Å². The molecule has 0 N–H and O–H groups in total. The normalized spacial score (nSPS) is 10.4. The highest BCUT2D eigenvalue weighted by Gasteiger charge is 2.31. The summed E-state index contributed by atoms with van der Waals surface area (Å²) >= 11 is 0. The Labute approximate surface area is 335 Å². The van der Waals surface area contributed by atoms with Crippen molar-refractivity contribution in [2.75, 3.05) is 0 Å². The third-order valence-electron chi connectivity index (χ3n) is 10.9. The summed E-state index contributed by atoms with van der Waals surface area (Å²) in [5.74, 6) is 0. The number of benzene rings is 6. The Hall–Kier alpha value is -5.06. The van der Waals surface area contributed by atoms with Crippen LogP contribution in [0.25, 0.3) is 0 Å². The Morgan fingerprint density at radius 2 is 0.473 bits per heavy atom. The Kier molecular flexibility index (Phi) is 14.4. The number of hydrogen-bond acceptors (Lipinski definition) is 1. The lowest BCUT2D eigenvalue weighted by Gasteiger charge is -2.26. The fourth-order valence-electron chi connectivity index (χ4n) is 9.06. The van der Waals surface area contributed by atoms with Crippen LogP contribution in [0.2, 0.25) is 0 Å². The van der Waals surface area contributed by atoms with E-state index in [0.29, 0.717) is 0 Å². The zero-order chi connectivity index (χ0) is 40.7. The van der Waals surface area contributed by atoms with E-state index in [-0.39, 0.29) is 13.4 Å². The van der Waals surface area contributed by atoms with Gasteiger partial charge < -0.3 is 0 Å². The van der Waals surface area contributed by atoms with Gasteiger partial charge in [-0.05, 0) is 96.9 Å². The largest absolute Gasteiger partial charge is 0.242 e. The van der Waals surface area contributed by atoms with E-state index in [0.717, 1.165) is 0 Å². The highest BCUT2D eigenvalue weighted by molar-refractivity contribution is 6.98. The summed E-state index contributed by atoms with van der Waals surface area (Å²) in [7, 11) is 0. The second-order valence-electron chi connectivity index (χ2n) is 16.2. The van der Waals surface area contributed by atoms with Gasteiger partial charge in [0.05, 0.1) is 6.07 Å². The maximum absolute atomic E-state index is 7.32. The molecule has 0 heterocycles. The zero-order valence-corrected chi connectivity index (χ0v) is 36.3. The van der Waals surface area contributed by atoms with Crippen LogP contribution in [0.1, 0.15) is 84.8 Å². The molecule has 0 saturated carbocycles. The summed E-state index contributed by atoms with van der Waals surface area (Å²) in [5.41, 5.74) is 27.3. The van der Waals surface area contributed by atoms with E-state index in [4.69, 9.17) is 5.26 Å². The van der Waals surface area contributed by atoms with Crippen LogP contribution in [0.5, 0.6) is 0 Å². The first kappa shape index (κ1) is 42.7. The first-order chi connectivity index (χ1) is 26.0. The first-order valence-corrected chi connectivity index (χ1v) is 19.7. The lowest BCUT2D eigenvalue weighted by atomic mass is 9.32. The average molecular weight is 722 g/mol. The molecule has 6 aromatic rings. The second kappa shape index (κ2) is 18.5. The van der Waals surface area contributed by atoms with Gasteiger partial charge in [0.15, 0.2) is 0 Å². The predicted molar refractivity (Wildman–Crippen MR) is 246 cm³/mol. The van der Waals surface area contributed by atoms with Crippen molar-refractivity contribution in [3.63, 3.8) is 0 Å². The zero-order valence-electron chi connectivity index (χ0n) is 36.3. The average Bonchev–Trinajstić information content (AvgIpc) is 3.07. The van der Waals surface area contributed by atoms with Crippen LogP contribution in [0.3, 0.4) is 0 Å². The maximum atomic E-state index is 7.32. The van der Waals surface area contributed by atoms with Crippen molar-refractivity contribution < 1.29 is 0 Å². The molecule has 55 heavy (non-hydrogen) atoms. The molecule has 0 aromatic heterocycles. The summed E-state index contributed by atoms with van der Waals surface area (Å²) in [6.07, 6.45) is 0. The van der Waals surface area contributed by atoms with E-state index >= 15 is 0 Å². The van der Waals surface area contributed by atoms with Gasteiger partial charge in [-0.2, -0.15) is 5.26 Å². The number of aryl methyl sites for hydroxylation is 14. The molecule has 0 spiro atoms. The Balaban J connectivity index is 0.000000530. The molecule has 0 unspecified atom stereocenters. The van der Waals surface area contributed by atoms with Gasteiger partial charge >= 0.3 is 0 Å². The predicted octanol–water partition coefficient (Wildman–Crippen LogP) is 9.25. The van der Waals surface area contributed by atoms with E-state index in [2.05, 4.69) is 194 Å². The van der Waals surface area contributed by atoms with Gasteiger partial charge in [-0.1, -0.05) is 208 Å².